The third kappa shape index (κ3) is 4.59. The Labute approximate surface area is 233 Å². The molecule has 2 aliphatic heterocycles. The second kappa shape index (κ2) is 9.33. The molecule has 1 aromatic heterocycles. The van der Waals surface area contributed by atoms with E-state index in [0.29, 0.717) is 5.56 Å². The van der Waals surface area contributed by atoms with E-state index >= 15 is 0 Å². The van der Waals surface area contributed by atoms with Crippen molar-refractivity contribution in [2.75, 3.05) is 11.6 Å². The summed E-state index contributed by atoms with van der Waals surface area (Å²) in [6, 6.07) is 3.88. The molecule has 39 heavy (non-hydrogen) atoms. The molecule has 6 rings (SSSR count). The van der Waals surface area contributed by atoms with Gasteiger partial charge in [0.25, 0.3) is 10.0 Å². The number of anilines is 1. The number of amides is 1. The van der Waals surface area contributed by atoms with E-state index in [1.807, 2.05) is 0 Å². The standard InChI is InChI=1S/C24H24ClFN4O6S3/c1-38(33,34)27-8-14-10-37-23-21(14)39(35,36)29-22(28-23)18-20(31)17-12-3-4-13(7-12)19(17)30(24(18)32)9-11-2-5-16(26)15(25)6-11/h2,5-6,10,12-13,17-19,27H,3-4,7-9H2,1H3,(H,28,29)/t12-,13+,17-,18?,19+/m1/s1. The Morgan fingerprint density at radius 2 is 2.00 bits per heavy atom. The molecular formula is C24H24ClFN4O6S3. The van der Waals surface area contributed by atoms with Gasteiger partial charge in [0.2, 0.25) is 15.9 Å². The van der Waals surface area contributed by atoms with Crippen molar-refractivity contribution in [3.63, 3.8) is 0 Å². The van der Waals surface area contributed by atoms with Crippen LogP contribution in [0, 0.1) is 29.5 Å². The van der Waals surface area contributed by atoms with E-state index in [1.165, 1.54) is 23.6 Å². The van der Waals surface area contributed by atoms with Crippen molar-refractivity contribution < 1.29 is 30.8 Å². The summed E-state index contributed by atoms with van der Waals surface area (Å²) >= 11 is 7.00. The number of nitrogens with one attached hydrogen (secondary N) is 2. The Morgan fingerprint density at radius 3 is 2.72 bits per heavy atom. The predicted octanol–water partition coefficient (Wildman–Crippen LogP) is 2.74. The minimum Gasteiger partial charge on any atom is -0.333 e. The Kier molecular flexibility index (Phi) is 6.42. The van der Waals surface area contributed by atoms with Gasteiger partial charge in [0, 0.05) is 30.6 Å². The molecule has 2 aromatic rings. The lowest BCUT2D eigenvalue weighted by atomic mass is 9.73. The number of nitrogens with zero attached hydrogens (tertiary/aromatic N) is 2. The molecule has 208 valence electrons. The Hall–Kier alpha value is -2.39. The molecule has 10 nitrogen and oxygen atoms in total. The third-order valence-corrected chi connectivity index (χ3v) is 11.5. The number of rotatable bonds is 6. The second-order valence-electron chi connectivity index (χ2n) is 10.5. The van der Waals surface area contributed by atoms with Gasteiger partial charge in [0.1, 0.15) is 21.5 Å². The van der Waals surface area contributed by atoms with E-state index in [2.05, 4.69) is 14.4 Å². The predicted molar refractivity (Wildman–Crippen MR) is 143 cm³/mol. The maximum Gasteiger partial charge on any atom is 0.287 e. The maximum absolute atomic E-state index is 14.0. The number of ketones is 1. The largest absolute Gasteiger partial charge is 0.333 e. The summed E-state index contributed by atoms with van der Waals surface area (Å²) in [6.45, 7) is -0.156. The number of likely N-dealkylation sites (tertiary alicyclic amines) is 1. The highest BCUT2D eigenvalue weighted by Gasteiger charge is 2.60. The van der Waals surface area contributed by atoms with Crippen molar-refractivity contribution in [2.45, 2.75) is 43.3 Å². The summed E-state index contributed by atoms with van der Waals surface area (Å²) in [5.74, 6) is -3.39. The lowest BCUT2D eigenvalue weighted by molar-refractivity contribution is -0.153. The average molecular weight is 615 g/mol. The van der Waals surface area contributed by atoms with Crippen molar-refractivity contribution in [3.05, 3.63) is 45.5 Å². The Balaban J connectivity index is 1.36. The van der Waals surface area contributed by atoms with Gasteiger partial charge in [-0.15, -0.1) is 15.7 Å². The van der Waals surface area contributed by atoms with E-state index in [0.717, 1.165) is 36.9 Å². The smallest absolute Gasteiger partial charge is 0.287 e. The average Bonchev–Trinajstić information content (AvgIpc) is 3.57. The summed E-state index contributed by atoms with van der Waals surface area (Å²) in [5.41, 5.74) is 0.805. The van der Waals surface area contributed by atoms with Crippen LogP contribution in [-0.2, 0) is 42.7 Å². The number of benzene rings is 1. The lowest BCUT2D eigenvalue weighted by Gasteiger charge is -2.45. The van der Waals surface area contributed by atoms with Crippen LogP contribution in [0.15, 0.2) is 32.9 Å². The highest BCUT2D eigenvalue weighted by atomic mass is 35.5. The molecule has 3 heterocycles. The minimum absolute atomic E-state index is 0.0788. The summed E-state index contributed by atoms with van der Waals surface area (Å²) in [6.07, 6.45) is 3.53. The van der Waals surface area contributed by atoms with Crippen LogP contribution in [-0.4, -0.2) is 51.6 Å². The van der Waals surface area contributed by atoms with Crippen LogP contribution in [0.25, 0.3) is 0 Å². The van der Waals surface area contributed by atoms with Gasteiger partial charge in [0.15, 0.2) is 11.7 Å². The van der Waals surface area contributed by atoms with Crippen molar-refractivity contribution in [1.82, 2.24) is 9.62 Å². The first-order valence-corrected chi connectivity index (χ1v) is 16.9. The van der Waals surface area contributed by atoms with Crippen molar-refractivity contribution in [1.29, 1.82) is 0 Å². The molecule has 4 aliphatic rings. The minimum atomic E-state index is -4.34. The highest BCUT2D eigenvalue weighted by Crippen LogP contribution is 2.54. The number of hydrogen-bond donors (Lipinski definition) is 2. The van der Waals surface area contributed by atoms with Crippen LogP contribution < -0.4 is 10.0 Å². The van der Waals surface area contributed by atoms with Crippen LogP contribution in [0.5, 0.6) is 0 Å². The molecule has 3 fully saturated rings. The first-order chi connectivity index (χ1) is 18.3. The molecule has 2 bridgehead atoms. The number of piperidine rings is 1. The summed E-state index contributed by atoms with van der Waals surface area (Å²) < 4.78 is 69.5. The fourth-order valence-electron chi connectivity index (χ4n) is 6.53. The van der Waals surface area contributed by atoms with Gasteiger partial charge in [-0.2, -0.15) is 8.42 Å². The second-order valence-corrected chi connectivity index (χ2v) is 15.1. The number of halogens is 2. The van der Waals surface area contributed by atoms with Crippen LogP contribution in [0.4, 0.5) is 9.39 Å². The van der Waals surface area contributed by atoms with Gasteiger partial charge in [-0.1, -0.05) is 17.7 Å². The third-order valence-electron chi connectivity index (χ3n) is 8.05. The quantitative estimate of drug-likeness (QED) is 0.477. The van der Waals surface area contributed by atoms with Gasteiger partial charge in [-0.3, -0.25) is 9.59 Å². The van der Waals surface area contributed by atoms with Crippen LogP contribution in [0.3, 0.4) is 0 Å². The molecular weight excluding hydrogens is 591 g/mol. The van der Waals surface area contributed by atoms with Crippen LogP contribution in [0.2, 0.25) is 5.02 Å². The van der Waals surface area contributed by atoms with Crippen LogP contribution in [0.1, 0.15) is 30.4 Å². The maximum atomic E-state index is 14.0. The van der Waals surface area contributed by atoms with Gasteiger partial charge < -0.3 is 10.2 Å². The summed E-state index contributed by atoms with van der Waals surface area (Å²) in [5, 5.41) is 4.48. The topological polar surface area (TPSA) is 142 Å². The van der Waals surface area contributed by atoms with Gasteiger partial charge >= 0.3 is 0 Å². The number of carbonyl (C=O) groups excluding carboxylic acids is 2. The van der Waals surface area contributed by atoms with E-state index in [9.17, 15) is 30.8 Å². The van der Waals surface area contributed by atoms with E-state index < -0.39 is 43.6 Å². The number of amidine groups is 1. The number of thiophene rings is 1. The van der Waals surface area contributed by atoms with Crippen molar-refractivity contribution >= 4 is 65.5 Å². The SMILES string of the molecule is CS(=O)(=O)NCc1csc2c1S(=O)(=O)N=C(C1C(=O)[C@@H]3[C@@H]4CC[C@@H](C4)[C@@H]3N(Cc3ccc(F)c(Cl)c3)C1=O)N2. The van der Waals surface area contributed by atoms with Crippen molar-refractivity contribution in [3.8, 4) is 0 Å². The Morgan fingerprint density at radius 1 is 1.26 bits per heavy atom. The zero-order valence-corrected chi connectivity index (χ0v) is 23.8. The first-order valence-electron chi connectivity index (χ1n) is 12.3. The normalized spacial score (nSPS) is 29.2. The van der Waals surface area contributed by atoms with Crippen LogP contribution >= 0.6 is 22.9 Å². The fourth-order valence-corrected chi connectivity index (χ4v) is 9.80. The zero-order chi connectivity index (χ0) is 27.9. The molecule has 2 N–H and O–H groups in total. The Bertz CT molecular complexity index is 1660. The molecule has 1 saturated heterocycles. The molecule has 0 radical (unpaired) electrons. The zero-order valence-electron chi connectivity index (χ0n) is 20.6. The molecule has 1 aromatic carbocycles. The number of sulfonamides is 2. The molecule has 2 aliphatic carbocycles. The van der Waals surface area contributed by atoms with E-state index in [-0.39, 0.29) is 63.1 Å². The summed E-state index contributed by atoms with van der Waals surface area (Å²) in [7, 11) is -7.92. The monoisotopic (exact) mass is 614 g/mol. The highest BCUT2D eigenvalue weighted by molar-refractivity contribution is 7.91. The molecule has 1 amide bonds. The van der Waals surface area contributed by atoms with Crippen molar-refractivity contribution in [2.24, 2.45) is 28.1 Å². The molecule has 0 spiro atoms. The lowest BCUT2D eigenvalue weighted by Crippen LogP contribution is -2.61. The fraction of sp³-hybridized carbons (Fsp3) is 0.458. The molecule has 2 saturated carbocycles. The first kappa shape index (κ1) is 26.8. The van der Waals surface area contributed by atoms with E-state index in [1.54, 1.807) is 4.90 Å². The van der Waals surface area contributed by atoms with Gasteiger partial charge in [-0.05, 0) is 54.2 Å². The molecule has 1 unspecified atom stereocenters. The molecule has 15 heteroatoms. The van der Waals surface area contributed by atoms with Gasteiger partial charge in [-0.25, -0.2) is 17.5 Å². The number of carbonyl (C=O) groups is 2. The number of fused-ring (bicyclic) bond motifs is 6. The molecule has 5 atom stereocenters. The number of Topliss-reactive ketones (excluding diaryl/α,β-unsaturated/α-hetero) is 1. The number of hydrogen-bond acceptors (Lipinski definition) is 8. The van der Waals surface area contributed by atoms with Gasteiger partial charge in [0.05, 0.1) is 11.3 Å². The summed E-state index contributed by atoms with van der Waals surface area (Å²) in [4.78, 5) is 29.2. The van der Waals surface area contributed by atoms with E-state index in [4.69, 9.17) is 11.6 Å².